The van der Waals surface area contributed by atoms with Crippen LogP contribution in [0.3, 0.4) is 0 Å². The molecule has 2 atom stereocenters. The highest BCUT2D eigenvalue weighted by Gasteiger charge is 2.69. The van der Waals surface area contributed by atoms with Crippen LogP contribution >= 0.6 is 0 Å². The van der Waals surface area contributed by atoms with E-state index in [-0.39, 0.29) is 5.91 Å². The number of benzene rings is 2. The van der Waals surface area contributed by atoms with Gasteiger partial charge in [0.2, 0.25) is 0 Å². The summed E-state index contributed by atoms with van der Waals surface area (Å²) in [6.45, 7) is 0.672. The van der Waals surface area contributed by atoms with Crippen molar-refractivity contribution in [3.63, 3.8) is 0 Å². The monoisotopic (exact) mass is 405 g/mol. The fraction of sp³-hybridized carbons (Fsp3) is 0.480. The van der Waals surface area contributed by atoms with Gasteiger partial charge in [-0.15, -0.1) is 0 Å². The maximum atomic E-state index is 14.0. The molecule has 5 rings (SSSR count). The molecule has 1 saturated carbocycles. The van der Waals surface area contributed by atoms with Gasteiger partial charge in [-0.2, -0.15) is 0 Å². The van der Waals surface area contributed by atoms with Crippen LogP contribution in [0.15, 0.2) is 48.5 Å². The van der Waals surface area contributed by atoms with E-state index in [1.807, 2.05) is 30.1 Å². The standard InChI is InChI=1S/C25H31N3O2/c1-27-22-15-20(30-2)13-14-21(22)24(16-18-9-5-3-6-10-18)17-28(23(29)25(24,27)26)19-11-7-4-8-12-19/h3,5-6,9-10,13-15,19H,4,7-8,11-12,16-17,26H2,1-2H3/t24-,25+/m0/s1. The number of rotatable bonds is 4. The number of anilines is 1. The molecule has 2 heterocycles. The number of likely N-dealkylation sites (N-methyl/N-ethyl adjacent to an activating group) is 1. The quantitative estimate of drug-likeness (QED) is 0.846. The van der Waals surface area contributed by atoms with Gasteiger partial charge in [-0.05, 0) is 36.5 Å². The van der Waals surface area contributed by atoms with Crippen LogP contribution in [0.2, 0.25) is 0 Å². The first-order chi connectivity index (χ1) is 14.5. The lowest BCUT2D eigenvalue weighted by molar-refractivity contribution is -0.134. The van der Waals surface area contributed by atoms with Crippen molar-refractivity contribution in [3.05, 3.63) is 59.7 Å². The van der Waals surface area contributed by atoms with Crippen LogP contribution in [0.25, 0.3) is 0 Å². The Balaban J connectivity index is 1.65. The molecule has 0 unspecified atom stereocenters. The van der Waals surface area contributed by atoms with E-state index in [4.69, 9.17) is 10.5 Å². The predicted octanol–water partition coefficient (Wildman–Crippen LogP) is 3.46. The first-order valence-corrected chi connectivity index (χ1v) is 11.1. The Morgan fingerprint density at radius 2 is 1.83 bits per heavy atom. The van der Waals surface area contributed by atoms with Crippen LogP contribution in [-0.2, 0) is 16.6 Å². The third-order valence-electron chi connectivity index (χ3n) is 7.73. The molecule has 2 aromatic carbocycles. The van der Waals surface area contributed by atoms with Gasteiger partial charge in [0.15, 0.2) is 5.66 Å². The summed E-state index contributed by atoms with van der Waals surface area (Å²) in [6.07, 6.45) is 6.57. The number of carbonyl (C=O) groups excluding carboxylic acids is 1. The number of likely N-dealkylation sites (tertiary alicyclic amines) is 1. The summed E-state index contributed by atoms with van der Waals surface area (Å²) in [5.41, 5.74) is 8.96. The van der Waals surface area contributed by atoms with Crippen molar-refractivity contribution in [2.45, 2.75) is 55.6 Å². The second-order valence-corrected chi connectivity index (χ2v) is 9.18. The van der Waals surface area contributed by atoms with Crippen molar-refractivity contribution in [1.82, 2.24) is 4.90 Å². The molecule has 0 aromatic heterocycles. The molecule has 3 aliphatic rings. The number of methoxy groups -OCH3 is 1. The summed E-state index contributed by atoms with van der Waals surface area (Å²) in [4.78, 5) is 18.1. The summed E-state index contributed by atoms with van der Waals surface area (Å²) in [7, 11) is 3.64. The number of hydrogen-bond donors (Lipinski definition) is 1. The molecule has 5 heteroatoms. The molecule has 30 heavy (non-hydrogen) atoms. The lowest BCUT2D eigenvalue weighted by Crippen LogP contribution is -2.66. The van der Waals surface area contributed by atoms with Gasteiger partial charge in [-0.3, -0.25) is 10.5 Å². The van der Waals surface area contributed by atoms with Gasteiger partial charge in [-0.25, -0.2) is 0 Å². The lowest BCUT2D eigenvalue weighted by atomic mass is 9.70. The fourth-order valence-corrected chi connectivity index (χ4v) is 6.09. The molecule has 1 amide bonds. The zero-order valence-corrected chi connectivity index (χ0v) is 17.9. The minimum atomic E-state index is -1.09. The zero-order chi connectivity index (χ0) is 20.9. The van der Waals surface area contributed by atoms with Crippen molar-refractivity contribution in [2.24, 2.45) is 5.73 Å². The third-order valence-corrected chi connectivity index (χ3v) is 7.73. The van der Waals surface area contributed by atoms with E-state index in [9.17, 15) is 4.79 Å². The molecule has 1 aliphatic carbocycles. The van der Waals surface area contributed by atoms with Crippen LogP contribution < -0.4 is 15.4 Å². The first-order valence-electron chi connectivity index (χ1n) is 11.1. The summed E-state index contributed by atoms with van der Waals surface area (Å²) in [6, 6.07) is 16.9. The van der Waals surface area contributed by atoms with E-state index in [2.05, 4.69) is 35.2 Å². The normalized spacial score (nSPS) is 28.6. The summed E-state index contributed by atoms with van der Waals surface area (Å²) < 4.78 is 5.47. The third kappa shape index (κ3) is 2.54. The van der Waals surface area contributed by atoms with Crippen LogP contribution in [0, 0.1) is 0 Å². The SMILES string of the molecule is COc1ccc2c(c1)N(C)[C@]1(N)C(=O)N(C3CCCCC3)C[C@@]21Cc1ccccc1. The van der Waals surface area contributed by atoms with E-state index < -0.39 is 11.1 Å². The molecule has 158 valence electrons. The smallest absolute Gasteiger partial charge is 0.264 e. The van der Waals surface area contributed by atoms with E-state index in [0.29, 0.717) is 12.6 Å². The van der Waals surface area contributed by atoms with Crippen molar-refractivity contribution in [1.29, 1.82) is 0 Å². The van der Waals surface area contributed by atoms with Gasteiger partial charge in [0.05, 0.1) is 12.5 Å². The molecule has 2 aliphatic heterocycles. The number of amides is 1. The van der Waals surface area contributed by atoms with Gasteiger partial charge < -0.3 is 14.5 Å². The van der Waals surface area contributed by atoms with Gasteiger partial charge in [0, 0.05) is 31.4 Å². The molecule has 2 fully saturated rings. The van der Waals surface area contributed by atoms with Crippen LogP contribution in [0.1, 0.15) is 43.2 Å². The molecule has 5 nitrogen and oxygen atoms in total. The summed E-state index contributed by atoms with van der Waals surface area (Å²) in [5, 5.41) is 0. The van der Waals surface area contributed by atoms with E-state index in [0.717, 1.165) is 36.3 Å². The second kappa shape index (κ2) is 7.02. The van der Waals surface area contributed by atoms with Crippen molar-refractivity contribution in [3.8, 4) is 5.75 Å². The molecule has 0 spiro atoms. The predicted molar refractivity (Wildman–Crippen MR) is 119 cm³/mol. The van der Waals surface area contributed by atoms with Crippen molar-refractivity contribution < 1.29 is 9.53 Å². The molecule has 0 radical (unpaired) electrons. The fourth-order valence-electron chi connectivity index (χ4n) is 6.09. The Bertz CT molecular complexity index is 956. The second-order valence-electron chi connectivity index (χ2n) is 9.18. The number of fused-ring (bicyclic) bond motifs is 3. The average molecular weight is 406 g/mol. The van der Waals surface area contributed by atoms with Crippen molar-refractivity contribution in [2.75, 3.05) is 25.6 Å². The number of ether oxygens (including phenoxy) is 1. The van der Waals surface area contributed by atoms with Gasteiger partial charge in [0.25, 0.3) is 5.91 Å². The molecule has 0 bridgehead atoms. The Labute approximate surface area is 178 Å². The van der Waals surface area contributed by atoms with Gasteiger partial charge >= 0.3 is 0 Å². The molecule has 1 saturated heterocycles. The largest absolute Gasteiger partial charge is 0.497 e. The van der Waals surface area contributed by atoms with Crippen molar-refractivity contribution >= 4 is 11.6 Å². The average Bonchev–Trinajstić information content (AvgIpc) is 3.12. The Morgan fingerprint density at radius 3 is 2.53 bits per heavy atom. The summed E-state index contributed by atoms with van der Waals surface area (Å²) >= 11 is 0. The minimum Gasteiger partial charge on any atom is -0.497 e. The molecule has 2 aromatic rings. The van der Waals surface area contributed by atoms with Gasteiger partial charge in [-0.1, -0.05) is 55.7 Å². The van der Waals surface area contributed by atoms with Crippen LogP contribution in [0.4, 0.5) is 5.69 Å². The lowest BCUT2D eigenvalue weighted by Gasteiger charge is -2.39. The van der Waals surface area contributed by atoms with Crippen LogP contribution in [0.5, 0.6) is 5.75 Å². The molecular formula is C25H31N3O2. The first kappa shape index (κ1) is 19.4. The molecule has 2 N–H and O–H groups in total. The highest BCUT2D eigenvalue weighted by Crippen LogP contribution is 2.56. The Hall–Kier alpha value is -2.53. The number of nitrogens with two attached hydrogens (primary N) is 1. The van der Waals surface area contributed by atoms with E-state index in [1.54, 1.807) is 7.11 Å². The molecular weight excluding hydrogens is 374 g/mol. The zero-order valence-electron chi connectivity index (χ0n) is 17.9. The van der Waals surface area contributed by atoms with Gasteiger partial charge in [0.1, 0.15) is 5.75 Å². The topological polar surface area (TPSA) is 58.8 Å². The number of nitrogens with zero attached hydrogens (tertiary/aromatic N) is 2. The van der Waals surface area contributed by atoms with E-state index in [1.165, 1.54) is 24.8 Å². The summed E-state index contributed by atoms with van der Waals surface area (Å²) in [5.74, 6) is 0.860. The maximum absolute atomic E-state index is 14.0. The Kier molecular flexibility index (Phi) is 4.55. The highest BCUT2D eigenvalue weighted by atomic mass is 16.5. The number of hydrogen-bond acceptors (Lipinski definition) is 4. The van der Waals surface area contributed by atoms with E-state index >= 15 is 0 Å². The van der Waals surface area contributed by atoms with Crippen LogP contribution in [-0.4, -0.2) is 43.2 Å². The minimum absolute atomic E-state index is 0.0722. The highest BCUT2D eigenvalue weighted by molar-refractivity contribution is 5.98. The maximum Gasteiger partial charge on any atom is 0.264 e. The Morgan fingerprint density at radius 1 is 1.10 bits per heavy atom. The number of carbonyl (C=O) groups is 1.